The molecule has 8 aromatic carbocycles. The van der Waals surface area contributed by atoms with Gasteiger partial charge in [0.2, 0.25) is 0 Å². The second-order valence-electron chi connectivity index (χ2n) is 12.3. The van der Waals surface area contributed by atoms with Gasteiger partial charge >= 0.3 is 0 Å². The Kier molecular flexibility index (Phi) is 8.14. The van der Waals surface area contributed by atoms with Crippen LogP contribution in [0.5, 0.6) is 11.5 Å². The highest BCUT2D eigenvalue weighted by molar-refractivity contribution is 5.92. The third kappa shape index (κ3) is 5.74. The van der Waals surface area contributed by atoms with Crippen LogP contribution in [0, 0.1) is 0 Å². The zero-order valence-electron chi connectivity index (χ0n) is 26.7. The molecule has 1 aliphatic rings. The third-order valence-electron chi connectivity index (χ3n) is 9.43. The maximum atomic E-state index is 6.83. The van der Waals surface area contributed by atoms with Gasteiger partial charge in [-0.3, -0.25) is 0 Å². The monoisotopic (exact) mass is 693 g/mol. The number of hydrogen-bond acceptors (Lipinski definition) is 1. The molecule has 0 bridgehead atoms. The molecule has 49 heavy (non-hydrogen) atoms. The molecule has 0 unspecified atom stereocenters. The molecule has 0 aromatic heterocycles. The van der Waals surface area contributed by atoms with E-state index in [1.54, 1.807) is 0 Å². The molecule has 9 rings (SSSR count). The van der Waals surface area contributed by atoms with E-state index in [2.05, 4.69) is 188 Å². The highest BCUT2D eigenvalue weighted by Crippen LogP contribution is 2.43. The molecule has 3 heteroatoms. The van der Waals surface area contributed by atoms with Crippen molar-refractivity contribution in [1.29, 1.82) is 0 Å². The first-order chi connectivity index (χ1) is 23.8. The molecule has 0 amide bonds. The van der Waals surface area contributed by atoms with Crippen LogP contribution in [0.15, 0.2) is 188 Å². The van der Waals surface area contributed by atoms with E-state index in [-0.39, 0.29) is 17.0 Å². The van der Waals surface area contributed by atoms with Crippen LogP contribution < -0.4 is 26.6 Å². The third-order valence-corrected chi connectivity index (χ3v) is 9.43. The molecule has 1 aliphatic heterocycles. The highest BCUT2D eigenvalue weighted by Gasteiger charge is 2.33. The molecule has 1 N–H and O–H groups in total. The van der Waals surface area contributed by atoms with Gasteiger partial charge in [0.25, 0.3) is 0 Å². The van der Waals surface area contributed by atoms with Crippen molar-refractivity contribution < 1.29 is 26.6 Å². The van der Waals surface area contributed by atoms with E-state index in [9.17, 15) is 0 Å². The van der Waals surface area contributed by atoms with Crippen molar-refractivity contribution in [3.8, 4) is 56.0 Å². The molecule has 0 saturated carbocycles. The molecule has 2 nitrogen and oxygen atoms in total. The van der Waals surface area contributed by atoms with Gasteiger partial charge in [-0.2, -0.15) is 0 Å². The Balaban J connectivity index is 0.00000348. The van der Waals surface area contributed by atoms with Crippen LogP contribution >= 0.6 is 0 Å². The van der Waals surface area contributed by atoms with Gasteiger partial charge in [-0.05, 0) is 80.2 Å². The van der Waals surface area contributed by atoms with Crippen LogP contribution in [0.3, 0.4) is 0 Å². The Morgan fingerprint density at radius 3 is 1.20 bits per heavy atom. The van der Waals surface area contributed by atoms with Gasteiger partial charge in [0.15, 0.2) is 22.9 Å². The topological polar surface area (TPSA) is 13.7 Å². The van der Waals surface area contributed by atoms with Crippen molar-refractivity contribution in [2.24, 2.45) is 0 Å². The molecular weight excluding hydrogens is 662 g/mol. The largest absolute Gasteiger partial charge is 1.00 e. The number of quaternary nitrogens is 1. The van der Waals surface area contributed by atoms with Gasteiger partial charge in [0, 0.05) is 23.6 Å². The summed E-state index contributed by atoms with van der Waals surface area (Å²) in [7, 11) is 0. The average Bonchev–Trinajstić information content (AvgIpc) is 3.17. The predicted molar refractivity (Wildman–Crippen MR) is 199 cm³/mol. The Bertz CT molecular complexity index is 2270. The van der Waals surface area contributed by atoms with E-state index < -0.39 is 0 Å². The van der Waals surface area contributed by atoms with Crippen LogP contribution in [-0.4, -0.2) is 0 Å². The summed E-state index contributed by atoms with van der Waals surface area (Å²) in [4.78, 5) is 1.19. The number of halogens is 1. The molecule has 8 aromatic rings. The Hall–Kier alpha value is -5.74. The van der Waals surface area contributed by atoms with Gasteiger partial charge in [-0.1, -0.05) is 140 Å². The second-order valence-corrected chi connectivity index (χ2v) is 12.3. The lowest BCUT2D eigenvalue weighted by molar-refractivity contribution is -0.682. The smallest absolute Gasteiger partial charge is 0.189 e. The fraction of sp³-hybridized carbons (Fsp3) is 0. The molecule has 1 heterocycles. The minimum Gasteiger partial charge on any atom is -1.00 e. The SMILES string of the molecule is [Br-].c1ccc(-c2ccc(-c3ccc4c(c3)Oc3cc(-c5ccc(-c6ccccc6)cc5)ccc3[NH+]4c3cccc4ccccc34)cc2)cc1. The summed E-state index contributed by atoms with van der Waals surface area (Å²) in [6.45, 7) is 0. The molecule has 0 spiro atoms. The van der Waals surface area contributed by atoms with Gasteiger partial charge in [0.1, 0.15) is 5.69 Å². The summed E-state index contributed by atoms with van der Waals surface area (Å²) in [5.41, 5.74) is 12.8. The minimum absolute atomic E-state index is 0. The van der Waals surface area contributed by atoms with Crippen LogP contribution in [0.2, 0.25) is 0 Å². The summed E-state index contributed by atoms with van der Waals surface area (Å²) >= 11 is 0. The van der Waals surface area contributed by atoms with Crippen molar-refractivity contribution >= 4 is 27.8 Å². The molecule has 0 aliphatic carbocycles. The Morgan fingerprint density at radius 2 is 0.694 bits per heavy atom. The summed E-state index contributed by atoms with van der Waals surface area (Å²) < 4.78 is 6.83. The van der Waals surface area contributed by atoms with Gasteiger partial charge in [-0.15, -0.1) is 0 Å². The van der Waals surface area contributed by atoms with E-state index in [0.717, 1.165) is 45.1 Å². The van der Waals surface area contributed by atoms with E-state index in [4.69, 9.17) is 4.74 Å². The lowest BCUT2D eigenvalue weighted by atomic mass is 9.98. The quantitative estimate of drug-likeness (QED) is 0.190. The normalized spacial score (nSPS) is 12.0. The summed E-state index contributed by atoms with van der Waals surface area (Å²) in [5.74, 6) is 1.73. The zero-order chi connectivity index (χ0) is 31.9. The lowest BCUT2D eigenvalue weighted by Crippen LogP contribution is -3.00. The van der Waals surface area contributed by atoms with Crippen LogP contribution in [0.25, 0.3) is 55.3 Å². The van der Waals surface area contributed by atoms with Crippen LogP contribution in [-0.2, 0) is 0 Å². The van der Waals surface area contributed by atoms with Crippen molar-refractivity contribution in [2.45, 2.75) is 0 Å². The fourth-order valence-electron chi connectivity index (χ4n) is 6.95. The number of benzene rings is 8. The number of hydrogen-bond donors (Lipinski definition) is 1. The van der Waals surface area contributed by atoms with Crippen LogP contribution in [0.4, 0.5) is 17.1 Å². The van der Waals surface area contributed by atoms with E-state index in [0.29, 0.717) is 0 Å². The summed E-state index contributed by atoms with van der Waals surface area (Å²) in [5, 5.41) is 2.46. The van der Waals surface area contributed by atoms with Crippen LogP contribution in [0.1, 0.15) is 0 Å². The van der Waals surface area contributed by atoms with Gasteiger partial charge in [-0.25, -0.2) is 4.90 Å². The zero-order valence-corrected chi connectivity index (χ0v) is 28.3. The first-order valence-corrected chi connectivity index (χ1v) is 16.4. The molecular formula is C46H32BrNO. The molecule has 0 saturated heterocycles. The summed E-state index contributed by atoms with van der Waals surface area (Å²) in [6.07, 6.45) is 0. The van der Waals surface area contributed by atoms with E-state index in [1.165, 1.54) is 43.6 Å². The summed E-state index contributed by atoms with van der Waals surface area (Å²) in [6, 6.07) is 67.1. The molecule has 0 atom stereocenters. The van der Waals surface area contributed by atoms with Gasteiger partial charge < -0.3 is 21.7 Å². The lowest BCUT2D eigenvalue weighted by Gasteiger charge is -2.28. The minimum atomic E-state index is 0. The van der Waals surface area contributed by atoms with Crippen molar-refractivity contribution in [1.82, 2.24) is 0 Å². The number of ether oxygens (including phenoxy) is 1. The first-order valence-electron chi connectivity index (χ1n) is 16.4. The molecule has 0 fully saturated rings. The Morgan fingerprint density at radius 1 is 0.306 bits per heavy atom. The fourth-order valence-corrected chi connectivity index (χ4v) is 6.95. The second kappa shape index (κ2) is 13.0. The van der Waals surface area contributed by atoms with Crippen molar-refractivity contribution in [3.63, 3.8) is 0 Å². The molecule has 234 valence electrons. The van der Waals surface area contributed by atoms with E-state index in [1.807, 2.05) is 0 Å². The maximum absolute atomic E-state index is 6.83. The predicted octanol–water partition coefficient (Wildman–Crippen LogP) is 8.80. The number of nitrogens with one attached hydrogen (secondary N) is 1. The Labute approximate surface area is 297 Å². The van der Waals surface area contributed by atoms with Crippen molar-refractivity contribution in [2.75, 3.05) is 0 Å². The highest BCUT2D eigenvalue weighted by atomic mass is 79.9. The van der Waals surface area contributed by atoms with E-state index >= 15 is 0 Å². The maximum Gasteiger partial charge on any atom is 0.189 e. The van der Waals surface area contributed by atoms with Gasteiger partial charge in [0.05, 0.1) is 0 Å². The molecule has 0 radical (unpaired) electrons. The average molecular weight is 695 g/mol. The standard InChI is InChI=1S/C46H31NO.BrH/c1-3-10-32(11-4-1)34-18-22-36(23-19-34)39-26-28-43-45(30-39)48-46-31-40(37-24-20-35(21-25-37)33-12-5-2-6-13-33)27-29-44(46)47(43)42-17-9-15-38-14-7-8-16-41(38)42;/h1-31H;1H. The first kappa shape index (κ1) is 30.6. The van der Waals surface area contributed by atoms with Crippen molar-refractivity contribution in [3.05, 3.63) is 188 Å². The number of rotatable bonds is 5. The number of fused-ring (bicyclic) bond motifs is 3.